The molecule has 0 saturated carbocycles. The third-order valence-electron chi connectivity index (χ3n) is 4.34. The van der Waals surface area contributed by atoms with Crippen LogP contribution in [0.4, 0.5) is 10.5 Å². The molecule has 1 aliphatic heterocycles. The molecule has 1 N–H and O–H groups in total. The van der Waals surface area contributed by atoms with Crippen molar-refractivity contribution in [3.63, 3.8) is 0 Å². The Morgan fingerprint density at radius 2 is 2.09 bits per heavy atom. The molecule has 0 fully saturated rings. The van der Waals surface area contributed by atoms with E-state index in [1.54, 1.807) is 7.11 Å². The minimum absolute atomic E-state index is 0.0691. The van der Waals surface area contributed by atoms with Crippen molar-refractivity contribution < 1.29 is 9.53 Å². The van der Waals surface area contributed by atoms with E-state index in [1.807, 2.05) is 29.2 Å². The van der Waals surface area contributed by atoms with Gasteiger partial charge in [-0.05, 0) is 30.7 Å². The van der Waals surface area contributed by atoms with Gasteiger partial charge in [-0.2, -0.15) is 0 Å². The molecule has 0 radical (unpaired) electrons. The summed E-state index contributed by atoms with van der Waals surface area (Å²) in [7, 11) is 1.61. The van der Waals surface area contributed by atoms with Crippen LogP contribution in [0.2, 0.25) is 0 Å². The molecule has 1 aromatic carbocycles. The summed E-state index contributed by atoms with van der Waals surface area (Å²) < 4.78 is 7.56. The molecule has 0 spiro atoms. The third kappa shape index (κ3) is 3.04. The number of fused-ring (bicyclic) bond motifs is 1. The number of hydrogen-bond donors (Lipinski definition) is 1. The van der Waals surface area contributed by atoms with E-state index in [0.29, 0.717) is 18.0 Å². The molecule has 122 valence electrons. The number of amides is 2. The van der Waals surface area contributed by atoms with Gasteiger partial charge in [0.05, 0.1) is 18.8 Å². The lowest BCUT2D eigenvalue weighted by atomic mass is 10.0. The van der Waals surface area contributed by atoms with E-state index in [0.717, 1.165) is 19.4 Å². The topological polar surface area (TPSA) is 46.5 Å². The van der Waals surface area contributed by atoms with Gasteiger partial charge in [0, 0.05) is 25.0 Å². The second-order valence-electron chi connectivity index (χ2n) is 5.75. The van der Waals surface area contributed by atoms with Crippen molar-refractivity contribution in [1.82, 2.24) is 9.47 Å². The largest absolute Gasteiger partial charge is 0.495 e. The van der Waals surface area contributed by atoms with Gasteiger partial charge in [-0.25, -0.2) is 4.79 Å². The minimum Gasteiger partial charge on any atom is -0.495 e. The second kappa shape index (κ2) is 6.77. The first-order valence-corrected chi connectivity index (χ1v) is 8.10. The van der Waals surface area contributed by atoms with Gasteiger partial charge in [0.2, 0.25) is 0 Å². The predicted octanol–water partition coefficient (Wildman–Crippen LogP) is 3.89. The zero-order valence-electron chi connectivity index (χ0n) is 13.7. The Kier molecular flexibility index (Phi) is 4.55. The van der Waals surface area contributed by atoms with E-state index in [2.05, 4.69) is 35.1 Å². The van der Waals surface area contributed by atoms with Crippen LogP contribution in [0.3, 0.4) is 0 Å². The smallest absolute Gasteiger partial charge is 0.322 e. The van der Waals surface area contributed by atoms with Crippen LogP contribution in [-0.2, 0) is 6.54 Å². The Morgan fingerprint density at radius 1 is 1.26 bits per heavy atom. The SMILES string of the molecule is CCC[C@@H]1c2cccn2CCN1C(=O)Nc1ccccc1OC. The molecule has 0 aliphatic carbocycles. The number of nitrogens with zero attached hydrogens (tertiary/aromatic N) is 2. The monoisotopic (exact) mass is 313 g/mol. The molecule has 0 bridgehead atoms. The van der Waals surface area contributed by atoms with E-state index in [9.17, 15) is 4.79 Å². The molecular weight excluding hydrogens is 290 g/mol. The van der Waals surface area contributed by atoms with Crippen LogP contribution in [0.25, 0.3) is 0 Å². The first-order valence-electron chi connectivity index (χ1n) is 8.10. The summed E-state index contributed by atoms with van der Waals surface area (Å²) >= 11 is 0. The fourth-order valence-corrected chi connectivity index (χ4v) is 3.22. The summed E-state index contributed by atoms with van der Waals surface area (Å²) in [5, 5.41) is 3.00. The minimum atomic E-state index is -0.0691. The van der Waals surface area contributed by atoms with Gasteiger partial charge in [-0.15, -0.1) is 0 Å². The number of nitrogens with one attached hydrogen (secondary N) is 1. The molecule has 23 heavy (non-hydrogen) atoms. The summed E-state index contributed by atoms with van der Waals surface area (Å²) in [5.41, 5.74) is 1.92. The van der Waals surface area contributed by atoms with Crippen molar-refractivity contribution in [1.29, 1.82) is 0 Å². The Morgan fingerprint density at radius 3 is 2.87 bits per heavy atom. The maximum Gasteiger partial charge on any atom is 0.322 e. The van der Waals surface area contributed by atoms with Gasteiger partial charge in [-0.3, -0.25) is 0 Å². The summed E-state index contributed by atoms with van der Waals surface area (Å²) in [6.07, 6.45) is 4.09. The lowest BCUT2D eigenvalue weighted by Crippen LogP contribution is -2.44. The predicted molar refractivity (Wildman–Crippen MR) is 90.8 cm³/mol. The Balaban J connectivity index is 1.81. The maximum atomic E-state index is 12.8. The summed E-state index contributed by atoms with van der Waals surface area (Å²) in [4.78, 5) is 14.7. The molecule has 1 atom stereocenters. The second-order valence-corrected chi connectivity index (χ2v) is 5.75. The van der Waals surface area contributed by atoms with Crippen molar-refractivity contribution in [3.05, 3.63) is 48.3 Å². The molecule has 2 aromatic rings. The molecule has 1 aromatic heterocycles. The van der Waals surface area contributed by atoms with Crippen LogP contribution in [0.15, 0.2) is 42.6 Å². The Hall–Kier alpha value is -2.43. The molecule has 0 unspecified atom stereocenters. The fraction of sp³-hybridized carbons (Fsp3) is 0.389. The number of hydrogen-bond acceptors (Lipinski definition) is 2. The number of anilines is 1. The molecule has 1 aliphatic rings. The summed E-state index contributed by atoms with van der Waals surface area (Å²) in [6, 6.07) is 11.7. The number of para-hydroxylation sites is 2. The highest BCUT2D eigenvalue weighted by molar-refractivity contribution is 5.91. The van der Waals surface area contributed by atoms with Crippen molar-refractivity contribution in [2.24, 2.45) is 0 Å². The van der Waals surface area contributed by atoms with E-state index in [-0.39, 0.29) is 12.1 Å². The zero-order chi connectivity index (χ0) is 16.2. The molecule has 0 saturated heterocycles. The number of carbonyl (C=O) groups is 1. The number of aromatic nitrogens is 1. The standard InChI is InChI=1S/C18H23N3O2/c1-3-7-16-15-9-6-11-20(15)12-13-21(16)18(22)19-14-8-4-5-10-17(14)23-2/h4-6,8-11,16H,3,7,12-13H2,1-2H3,(H,19,22)/t16-/m1/s1. The van der Waals surface area contributed by atoms with Crippen LogP contribution in [0, 0.1) is 0 Å². The fourth-order valence-electron chi connectivity index (χ4n) is 3.22. The van der Waals surface area contributed by atoms with Gasteiger partial charge in [0.25, 0.3) is 0 Å². The van der Waals surface area contributed by atoms with Crippen molar-refractivity contribution in [2.45, 2.75) is 32.4 Å². The highest BCUT2D eigenvalue weighted by atomic mass is 16.5. The lowest BCUT2D eigenvalue weighted by molar-refractivity contribution is 0.163. The first-order chi connectivity index (χ1) is 11.2. The molecule has 2 amide bonds. The Labute approximate surface area is 136 Å². The number of rotatable bonds is 4. The normalized spacial score (nSPS) is 16.8. The highest BCUT2D eigenvalue weighted by Gasteiger charge is 2.30. The van der Waals surface area contributed by atoms with E-state index in [1.165, 1.54) is 5.69 Å². The number of methoxy groups -OCH3 is 1. The Bertz CT molecular complexity index is 680. The van der Waals surface area contributed by atoms with Crippen LogP contribution >= 0.6 is 0 Å². The van der Waals surface area contributed by atoms with Crippen molar-refractivity contribution in [3.8, 4) is 5.75 Å². The molecule has 2 heterocycles. The van der Waals surface area contributed by atoms with E-state index >= 15 is 0 Å². The summed E-state index contributed by atoms with van der Waals surface area (Å²) in [6.45, 7) is 3.70. The first kappa shape index (κ1) is 15.5. The number of carbonyl (C=O) groups excluding carboxylic acids is 1. The molecule has 5 nitrogen and oxygen atoms in total. The van der Waals surface area contributed by atoms with E-state index in [4.69, 9.17) is 4.74 Å². The van der Waals surface area contributed by atoms with Crippen LogP contribution in [0.1, 0.15) is 31.5 Å². The van der Waals surface area contributed by atoms with Gasteiger partial charge in [-0.1, -0.05) is 25.5 Å². The van der Waals surface area contributed by atoms with Crippen LogP contribution < -0.4 is 10.1 Å². The number of benzene rings is 1. The number of ether oxygens (including phenoxy) is 1. The van der Waals surface area contributed by atoms with Crippen molar-refractivity contribution in [2.75, 3.05) is 19.0 Å². The molecule has 3 rings (SSSR count). The average molecular weight is 313 g/mol. The molecule has 5 heteroatoms. The van der Waals surface area contributed by atoms with E-state index < -0.39 is 0 Å². The van der Waals surface area contributed by atoms with Crippen molar-refractivity contribution >= 4 is 11.7 Å². The summed E-state index contributed by atoms with van der Waals surface area (Å²) in [5.74, 6) is 0.674. The maximum absolute atomic E-state index is 12.8. The number of urea groups is 1. The van der Waals surface area contributed by atoms with Gasteiger partial charge in [0.15, 0.2) is 0 Å². The zero-order valence-corrected chi connectivity index (χ0v) is 13.7. The highest BCUT2D eigenvalue weighted by Crippen LogP contribution is 2.31. The lowest BCUT2D eigenvalue weighted by Gasteiger charge is -2.37. The van der Waals surface area contributed by atoms with Gasteiger partial charge in [0.1, 0.15) is 5.75 Å². The average Bonchev–Trinajstić information content (AvgIpc) is 3.05. The van der Waals surface area contributed by atoms with Gasteiger partial charge < -0.3 is 19.5 Å². The van der Waals surface area contributed by atoms with Crippen LogP contribution in [0.5, 0.6) is 5.75 Å². The third-order valence-corrected chi connectivity index (χ3v) is 4.34. The quantitative estimate of drug-likeness (QED) is 0.931. The molecular formula is C18H23N3O2. The van der Waals surface area contributed by atoms with Gasteiger partial charge >= 0.3 is 6.03 Å². The van der Waals surface area contributed by atoms with Crippen LogP contribution in [-0.4, -0.2) is 29.2 Å².